The van der Waals surface area contributed by atoms with Crippen LogP contribution in [0.3, 0.4) is 0 Å². The molecule has 0 heterocycles. The van der Waals surface area contributed by atoms with Crippen molar-refractivity contribution in [3.63, 3.8) is 0 Å². The highest BCUT2D eigenvalue weighted by Gasteiger charge is 2.19. The van der Waals surface area contributed by atoms with Gasteiger partial charge in [-0.15, -0.1) is 0 Å². The summed E-state index contributed by atoms with van der Waals surface area (Å²) in [5.41, 5.74) is 6.78. The molecular formula is C20H24Si. The van der Waals surface area contributed by atoms with Crippen LogP contribution in [-0.4, -0.2) is 9.52 Å². The van der Waals surface area contributed by atoms with Gasteiger partial charge >= 0.3 is 0 Å². The fourth-order valence-corrected chi connectivity index (χ4v) is 5.15. The summed E-state index contributed by atoms with van der Waals surface area (Å²) in [6.45, 7) is 9.14. The van der Waals surface area contributed by atoms with Crippen LogP contribution in [0.25, 0.3) is 6.08 Å². The summed E-state index contributed by atoms with van der Waals surface area (Å²) in [6, 6.07) is 15.9. The van der Waals surface area contributed by atoms with Crippen LogP contribution in [0.2, 0.25) is 0 Å². The minimum atomic E-state index is -0.319. The Bertz CT molecular complexity index is 689. The molecule has 0 aliphatic heterocycles. The van der Waals surface area contributed by atoms with Gasteiger partial charge in [0.05, 0.1) is 9.52 Å². The van der Waals surface area contributed by atoms with Gasteiger partial charge in [-0.05, 0) is 34.6 Å². The van der Waals surface area contributed by atoms with E-state index in [4.69, 9.17) is 0 Å². The lowest BCUT2D eigenvalue weighted by Crippen LogP contribution is -2.24. The first-order chi connectivity index (χ1) is 9.95. The average molecular weight is 292 g/mol. The highest BCUT2D eigenvalue weighted by molar-refractivity contribution is 6.56. The largest absolute Gasteiger partial charge is 0.0794 e. The Balaban J connectivity index is 1.86. The zero-order chi connectivity index (χ0) is 15.0. The Morgan fingerprint density at radius 3 is 2.48 bits per heavy atom. The van der Waals surface area contributed by atoms with Crippen LogP contribution in [0.15, 0.2) is 48.5 Å². The Hall–Kier alpha value is -1.60. The molecule has 108 valence electrons. The first-order valence-corrected chi connectivity index (χ1v) is 9.34. The number of fused-ring (bicyclic) bond motifs is 1. The molecule has 0 radical (unpaired) electrons. The van der Waals surface area contributed by atoms with Crippen LogP contribution < -0.4 is 5.19 Å². The van der Waals surface area contributed by atoms with Gasteiger partial charge in [0.2, 0.25) is 0 Å². The summed E-state index contributed by atoms with van der Waals surface area (Å²) in [5, 5.41) is 1.61. The molecule has 3 rings (SSSR count). The third-order valence-electron chi connectivity index (χ3n) is 4.55. The first kappa shape index (κ1) is 14.3. The van der Waals surface area contributed by atoms with E-state index in [-0.39, 0.29) is 14.9 Å². The summed E-state index contributed by atoms with van der Waals surface area (Å²) in [6.07, 6.45) is 4.71. The SMILES string of the molecule is Cc1cc(C(C)(C)C)ccc1[SiH2]C1C=Cc2ccccc21. The second-order valence-corrected chi connectivity index (χ2v) is 9.24. The Labute approximate surface area is 130 Å². The third kappa shape index (κ3) is 2.89. The van der Waals surface area contributed by atoms with Gasteiger partial charge in [0.25, 0.3) is 0 Å². The van der Waals surface area contributed by atoms with E-state index in [1.807, 2.05) is 0 Å². The molecule has 0 nitrogen and oxygen atoms in total. The van der Waals surface area contributed by atoms with E-state index >= 15 is 0 Å². The molecule has 21 heavy (non-hydrogen) atoms. The molecule has 0 aromatic heterocycles. The molecular weight excluding hydrogens is 268 g/mol. The van der Waals surface area contributed by atoms with Crippen LogP contribution in [-0.2, 0) is 5.41 Å². The zero-order valence-electron chi connectivity index (χ0n) is 13.5. The maximum absolute atomic E-state index is 2.41. The third-order valence-corrected chi connectivity index (χ3v) is 6.94. The minimum Gasteiger partial charge on any atom is -0.0794 e. The van der Waals surface area contributed by atoms with E-state index in [1.54, 1.807) is 5.19 Å². The van der Waals surface area contributed by atoms with Gasteiger partial charge in [0, 0.05) is 0 Å². The standard InChI is InChI=1S/C20H24Si/c1-14-13-16(20(2,3)4)10-12-18(14)21-19-11-9-15-7-5-6-8-17(15)19/h5-13,19H,21H2,1-4H3. The van der Waals surface area contributed by atoms with Crippen LogP contribution in [0, 0.1) is 6.92 Å². The molecule has 0 fully saturated rings. The van der Waals surface area contributed by atoms with Crippen molar-refractivity contribution in [2.75, 3.05) is 0 Å². The Morgan fingerprint density at radius 1 is 1.00 bits per heavy atom. The van der Waals surface area contributed by atoms with E-state index in [9.17, 15) is 0 Å². The fraction of sp³-hybridized carbons (Fsp3) is 0.300. The van der Waals surface area contributed by atoms with Crippen molar-refractivity contribution in [1.82, 2.24) is 0 Å². The van der Waals surface area contributed by atoms with Gasteiger partial charge in [0.1, 0.15) is 0 Å². The molecule has 1 atom stereocenters. The molecule has 1 heteroatoms. The van der Waals surface area contributed by atoms with E-state index in [2.05, 4.69) is 82.3 Å². The summed E-state index contributed by atoms with van der Waals surface area (Å²) >= 11 is 0. The van der Waals surface area contributed by atoms with Crippen LogP contribution in [0.4, 0.5) is 0 Å². The van der Waals surface area contributed by atoms with Gasteiger partial charge in [0.15, 0.2) is 0 Å². The lowest BCUT2D eigenvalue weighted by atomic mass is 9.86. The summed E-state index contributed by atoms with van der Waals surface area (Å²) in [4.78, 5) is 0. The zero-order valence-corrected chi connectivity index (χ0v) is 14.9. The molecule has 0 saturated heterocycles. The van der Waals surface area contributed by atoms with Crippen molar-refractivity contribution in [2.24, 2.45) is 0 Å². The highest BCUT2D eigenvalue weighted by Crippen LogP contribution is 2.29. The van der Waals surface area contributed by atoms with Crippen molar-refractivity contribution in [2.45, 2.75) is 38.7 Å². The minimum absolute atomic E-state index is 0.241. The summed E-state index contributed by atoms with van der Waals surface area (Å²) < 4.78 is 0. The highest BCUT2D eigenvalue weighted by atomic mass is 28.2. The molecule has 1 unspecified atom stereocenters. The lowest BCUT2D eigenvalue weighted by Gasteiger charge is -2.21. The normalized spacial score (nSPS) is 17.6. The molecule has 0 saturated carbocycles. The van der Waals surface area contributed by atoms with Gasteiger partial charge < -0.3 is 0 Å². The van der Waals surface area contributed by atoms with Gasteiger partial charge in [-0.2, -0.15) is 0 Å². The molecule has 1 aliphatic carbocycles. The van der Waals surface area contributed by atoms with E-state index in [1.165, 1.54) is 22.3 Å². The Morgan fingerprint density at radius 2 is 1.76 bits per heavy atom. The Kier molecular flexibility index (Phi) is 3.62. The van der Waals surface area contributed by atoms with Gasteiger partial charge in [-0.1, -0.05) is 86.1 Å². The smallest absolute Gasteiger partial charge is 0.0675 e. The molecule has 2 aromatic rings. The summed E-state index contributed by atoms with van der Waals surface area (Å²) in [5.74, 6) is 0. The number of allylic oxidation sites excluding steroid dienone is 1. The van der Waals surface area contributed by atoms with Gasteiger partial charge in [-0.25, -0.2) is 0 Å². The number of hydrogen-bond donors (Lipinski definition) is 0. The molecule has 1 aliphatic rings. The first-order valence-electron chi connectivity index (χ1n) is 7.82. The van der Waals surface area contributed by atoms with Crippen molar-refractivity contribution in [3.05, 3.63) is 70.8 Å². The average Bonchev–Trinajstić information content (AvgIpc) is 2.83. The number of rotatable bonds is 2. The van der Waals surface area contributed by atoms with Crippen molar-refractivity contribution in [1.29, 1.82) is 0 Å². The van der Waals surface area contributed by atoms with Crippen LogP contribution >= 0.6 is 0 Å². The number of aryl methyl sites for hydroxylation is 1. The number of benzene rings is 2. The van der Waals surface area contributed by atoms with E-state index < -0.39 is 0 Å². The topological polar surface area (TPSA) is 0 Å². The molecule has 2 aromatic carbocycles. The van der Waals surface area contributed by atoms with Crippen LogP contribution in [0.1, 0.15) is 48.6 Å². The molecule has 0 amide bonds. The number of hydrogen-bond acceptors (Lipinski definition) is 0. The monoisotopic (exact) mass is 292 g/mol. The van der Waals surface area contributed by atoms with E-state index in [0.717, 1.165) is 0 Å². The fourth-order valence-electron chi connectivity index (χ4n) is 3.13. The quantitative estimate of drug-likeness (QED) is 0.738. The van der Waals surface area contributed by atoms with Crippen molar-refractivity contribution >= 4 is 20.8 Å². The van der Waals surface area contributed by atoms with Crippen molar-refractivity contribution < 1.29 is 0 Å². The lowest BCUT2D eigenvalue weighted by molar-refractivity contribution is 0.590. The molecule has 0 bridgehead atoms. The van der Waals surface area contributed by atoms with Crippen LogP contribution in [0.5, 0.6) is 0 Å². The second-order valence-electron chi connectivity index (χ2n) is 7.19. The summed E-state index contributed by atoms with van der Waals surface area (Å²) in [7, 11) is -0.319. The second kappa shape index (κ2) is 5.30. The van der Waals surface area contributed by atoms with Gasteiger partial charge in [-0.3, -0.25) is 0 Å². The molecule has 0 spiro atoms. The predicted octanol–water partition coefficient (Wildman–Crippen LogP) is 3.85. The van der Waals surface area contributed by atoms with Crippen molar-refractivity contribution in [3.8, 4) is 0 Å². The maximum atomic E-state index is 2.41. The maximum Gasteiger partial charge on any atom is 0.0675 e. The predicted molar refractivity (Wildman–Crippen MR) is 96.3 cm³/mol. The molecule has 0 N–H and O–H groups in total. The van der Waals surface area contributed by atoms with E-state index in [0.29, 0.717) is 5.54 Å².